The van der Waals surface area contributed by atoms with E-state index in [4.69, 9.17) is 10.5 Å². The zero-order chi connectivity index (χ0) is 26.3. The van der Waals surface area contributed by atoms with Crippen molar-refractivity contribution in [1.29, 1.82) is 0 Å². The van der Waals surface area contributed by atoms with Gasteiger partial charge in [-0.3, -0.25) is 9.48 Å². The van der Waals surface area contributed by atoms with Gasteiger partial charge in [-0.2, -0.15) is 5.10 Å². The molecule has 1 unspecified atom stereocenters. The molecular formula is C27H27N7O3. The van der Waals surface area contributed by atoms with Crippen LogP contribution in [0.1, 0.15) is 44.3 Å². The highest BCUT2D eigenvalue weighted by Gasteiger charge is 2.28. The van der Waals surface area contributed by atoms with Crippen LogP contribution in [-0.2, 0) is 16.1 Å². The second-order valence-electron chi connectivity index (χ2n) is 9.04. The molecule has 0 aliphatic carbocycles. The second-order valence-corrected chi connectivity index (χ2v) is 9.04. The fourth-order valence-corrected chi connectivity index (χ4v) is 4.60. The zero-order valence-electron chi connectivity index (χ0n) is 21.0. The molecule has 1 aromatic carbocycles. The number of benzene rings is 1. The number of nitrogens with two attached hydrogens (primary N) is 1. The molecule has 0 fully saturated rings. The first-order chi connectivity index (χ1) is 17.8. The number of esters is 1. The molecule has 4 heterocycles. The third-order valence-corrected chi connectivity index (χ3v) is 6.59. The number of anilines is 1. The summed E-state index contributed by atoms with van der Waals surface area (Å²) < 4.78 is 8.27. The summed E-state index contributed by atoms with van der Waals surface area (Å²) in [5, 5.41) is 9.15. The SMILES string of the molecule is COC(=O)C(c1cn2cc(C)ccc2n1)n1cc(C(=O)NCc2c(C)cc3c(N)nccc3c2C)cn1. The van der Waals surface area contributed by atoms with Gasteiger partial charge in [0.15, 0.2) is 6.04 Å². The molecule has 37 heavy (non-hydrogen) atoms. The summed E-state index contributed by atoms with van der Waals surface area (Å²) in [7, 11) is 1.31. The minimum absolute atomic E-state index is 0.311. The minimum atomic E-state index is -0.934. The maximum absolute atomic E-state index is 13.0. The van der Waals surface area contributed by atoms with Crippen molar-refractivity contribution in [1.82, 2.24) is 29.5 Å². The number of nitrogen functional groups attached to an aromatic ring is 1. The van der Waals surface area contributed by atoms with Gasteiger partial charge in [-0.25, -0.2) is 14.8 Å². The van der Waals surface area contributed by atoms with E-state index in [0.717, 1.165) is 33.0 Å². The number of amides is 1. The smallest absolute Gasteiger partial charge is 0.336 e. The quantitative estimate of drug-likeness (QED) is 0.344. The lowest BCUT2D eigenvalue weighted by molar-refractivity contribution is -0.143. The van der Waals surface area contributed by atoms with Crippen molar-refractivity contribution in [2.24, 2.45) is 0 Å². The van der Waals surface area contributed by atoms with E-state index in [2.05, 4.69) is 20.4 Å². The van der Waals surface area contributed by atoms with Crippen molar-refractivity contribution in [2.75, 3.05) is 12.8 Å². The third-order valence-electron chi connectivity index (χ3n) is 6.59. The Morgan fingerprint density at radius 1 is 1.11 bits per heavy atom. The summed E-state index contributed by atoms with van der Waals surface area (Å²) in [5.74, 6) is -0.368. The van der Waals surface area contributed by atoms with Crippen LogP contribution in [0, 0.1) is 20.8 Å². The average molecular weight is 498 g/mol. The number of imidazole rings is 1. The largest absolute Gasteiger partial charge is 0.467 e. The molecule has 188 valence electrons. The number of ether oxygens (including phenoxy) is 1. The van der Waals surface area contributed by atoms with Crippen molar-refractivity contribution in [3.8, 4) is 0 Å². The van der Waals surface area contributed by atoms with Crippen molar-refractivity contribution in [3.05, 3.63) is 88.8 Å². The number of nitrogens with zero attached hydrogens (tertiary/aromatic N) is 5. The van der Waals surface area contributed by atoms with Gasteiger partial charge in [0.05, 0.1) is 24.6 Å². The van der Waals surface area contributed by atoms with Crippen LogP contribution < -0.4 is 11.1 Å². The highest BCUT2D eigenvalue weighted by atomic mass is 16.5. The van der Waals surface area contributed by atoms with Crippen molar-refractivity contribution >= 4 is 34.1 Å². The molecule has 10 nitrogen and oxygen atoms in total. The second kappa shape index (κ2) is 9.38. The highest BCUT2D eigenvalue weighted by molar-refractivity contribution is 5.95. The zero-order valence-corrected chi connectivity index (χ0v) is 21.0. The molecule has 5 aromatic rings. The first-order valence-corrected chi connectivity index (χ1v) is 11.8. The molecule has 4 aromatic heterocycles. The van der Waals surface area contributed by atoms with Crippen LogP contribution in [0.3, 0.4) is 0 Å². The van der Waals surface area contributed by atoms with Crippen molar-refractivity contribution in [3.63, 3.8) is 0 Å². The van der Waals surface area contributed by atoms with E-state index in [1.165, 1.54) is 24.2 Å². The molecule has 0 radical (unpaired) electrons. The minimum Gasteiger partial charge on any atom is -0.467 e. The number of carbonyl (C=O) groups excluding carboxylic acids is 2. The van der Waals surface area contributed by atoms with Gasteiger partial charge < -0.3 is 20.2 Å². The summed E-state index contributed by atoms with van der Waals surface area (Å²) in [6, 6.07) is 6.79. The van der Waals surface area contributed by atoms with Gasteiger partial charge in [-0.15, -0.1) is 0 Å². The normalized spacial score (nSPS) is 12.1. The van der Waals surface area contributed by atoms with Gasteiger partial charge in [0.25, 0.3) is 5.91 Å². The molecule has 0 saturated carbocycles. The number of nitrogens with one attached hydrogen (secondary N) is 1. The summed E-state index contributed by atoms with van der Waals surface area (Å²) in [6.45, 7) is 6.29. The molecule has 3 N–H and O–H groups in total. The molecule has 0 saturated heterocycles. The van der Waals surface area contributed by atoms with Crippen LogP contribution in [0.25, 0.3) is 16.4 Å². The van der Waals surface area contributed by atoms with E-state index in [-0.39, 0.29) is 5.91 Å². The first kappa shape index (κ1) is 24.0. The molecule has 1 amide bonds. The van der Waals surface area contributed by atoms with Crippen LogP contribution in [0.15, 0.2) is 55.2 Å². The van der Waals surface area contributed by atoms with E-state index in [0.29, 0.717) is 29.3 Å². The Balaban J connectivity index is 1.39. The maximum Gasteiger partial charge on any atom is 0.336 e. The number of aryl methyl sites for hydroxylation is 3. The van der Waals surface area contributed by atoms with E-state index >= 15 is 0 Å². The van der Waals surface area contributed by atoms with Gasteiger partial charge in [0.1, 0.15) is 11.5 Å². The average Bonchev–Trinajstić information content (AvgIpc) is 3.52. The van der Waals surface area contributed by atoms with Crippen LogP contribution >= 0.6 is 0 Å². The standard InChI is InChI=1S/C27H27N7O3/c1-15-5-6-23-32-22(14-33(23)12-15)24(27(36)37-4)34-13-18(10-31-34)26(35)30-11-21-16(2)9-20-19(17(21)3)7-8-29-25(20)28/h5-10,12-14,24H,11H2,1-4H3,(H2,28,29)(H,30,35). The Hall–Kier alpha value is -4.73. The maximum atomic E-state index is 13.0. The number of aromatic nitrogens is 5. The molecule has 0 aliphatic heterocycles. The number of methoxy groups -OCH3 is 1. The van der Waals surface area contributed by atoms with Crippen molar-refractivity contribution in [2.45, 2.75) is 33.4 Å². The Kier molecular flexibility index (Phi) is 6.08. The molecular weight excluding hydrogens is 470 g/mol. The Morgan fingerprint density at radius 2 is 1.92 bits per heavy atom. The number of hydrogen-bond acceptors (Lipinski definition) is 7. The fraction of sp³-hybridized carbons (Fsp3) is 0.222. The molecule has 5 rings (SSSR count). The predicted octanol–water partition coefficient (Wildman–Crippen LogP) is 3.28. The van der Waals surface area contributed by atoms with E-state index < -0.39 is 12.0 Å². The Bertz CT molecular complexity index is 1670. The molecule has 1 atom stereocenters. The summed E-state index contributed by atoms with van der Waals surface area (Å²) in [5.41, 5.74) is 11.6. The Labute approximate surface area is 213 Å². The van der Waals surface area contributed by atoms with Gasteiger partial charge in [0.2, 0.25) is 0 Å². The number of rotatable bonds is 6. The number of hydrogen-bond donors (Lipinski definition) is 2. The summed E-state index contributed by atoms with van der Waals surface area (Å²) >= 11 is 0. The predicted molar refractivity (Wildman–Crippen MR) is 139 cm³/mol. The van der Waals surface area contributed by atoms with Crippen LogP contribution in [0.5, 0.6) is 0 Å². The lowest BCUT2D eigenvalue weighted by Gasteiger charge is -2.15. The monoisotopic (exact) mass is 497 g/mol. The number of carbonyl (C=O) groups is 2. The number of pyridine rings is 2. The van der Waals surface area contributed by atoms with Gasteiger partial charge >= 0.3 is 5.97 Å². The first-order valence-electron chi connectivity index (χ1n) is 11.8. The molecule has 0 aliphatic rings. The fourth-order valence-electron chi connectivity index (χ4n) is 4.60. The van der Waals surface area contributed by atoms with Gasteiger partial charge in [-0.05, 0) is 66.6 Å². The lowest BCUT2D eigenvalue weighted by atomic mass is 9.96. The van der Waals surface area contributed by atoms with Crippen LogP contribution in [-0.4, -0.2) is 43.1 Å². The topological polar surface area (TPSA) is 129 Å². The van der Waals surface area contributed by atoms with Gasteiger partial charge in [-0.1, -0.05) is 6.07 Å². The van der Waals surface area contributed by atoms with Crippen LogP contribution in [0.2, 0.25) is 0 Å². The lowest BCUT2D eigenvalue weighted by Crippen LogP contribution is -2.24. The molecule has 0 spiro atoms. The molecule has 10 heteroatoms. The molecule has 0 bridgehead atoms. The number of fused-ring (bicyclic) bond motifs is 2. The van der Waals surface area contributed by atoms with E-state index in [9.17, 15) is 9.59 Å². The van der Waals surface area contributed by atoms with Gasteiger partial charge in [0, 0.05) is 36.7 Å². The van der Waals surface area contributed by atoms with Crippen LogP contribution in [0.4, 0.5) is 5.82 Å². The summed E-state index contributed by atoms with van der Waals surface area (Å²) in [6.07, 6.45) is 8.32. The Morgan fingerprint density at radius 3 is 2.70 bits per heavy atom. The van der Waals surface area contributed by atoms with Crippen molar-refractivity contribution < 1.29 is 14.3 Å². The van der Waals surface area contributed by atoms with E-state index in [1.54, 1.807) is 12.4 Å². The van der Waals surface area contributed by atoms with E-state index in [1.807, 2.05) is 55.6 Å². The third kappa shape index (κ3) is 4.37. The summed E-state index contributed by atoms with van der Waals surface area (Å²) in [4.78, 5) is 34.5. The highest BCUT2D eigenvalue weighted by Crippen LogP contribution is 2.28.